The Morgan fingerprint density at radius 2 is 2.00 bits per heavy atom. The zero-order valence-corrected chi connectivity index (χ0v) is 22.3. The Bertz CT molecular complexity index is 1310. The van der Waals surface area contributed by atoms with Crippen LogP contribution in [0.1, 0.15) is 24.8 Å². The van der Waals surface area contributed by atoms with Gasteiger partial charge in [-0.25, -0.2) is 0 Å². The smallest absolute Gasteiger partial charge is 0.247 e. The Kier molecular flexibility index (Phi) is 8.97. The van der Waals surface area contributed by atoms with E-state index in [0.29, 0.717) is 40.7 Å². The lowest BCUT2D eigenvalue weighted by atomic mass is 10.1. The summed E-state index contributed by atoms with van der Waals surface area (Å²) in [5, 5.41) is 9.02. The third-order valence-electron chi connectivity index (χ3n) is 6.06. The van der Waals surface area contributed by atoms with Gasteiger partial charge in [0.15, 0.2) is 0 Å². The molecule has 4 rings (SSSR count). The molecule has 8 nitrogen and oxygen atoms in total. The first kappa shape index (κ1) is 26.9. The normalized spacial score (nSPS) is 16.5. The van der Waals surface area contributed by atoms with E-state index in [0.717, 1.165) is 23.0 Å². The number of hydrogen-bond acceptors (Lipinski definition) is 6. The molecule has 1 saturated heterocycles. The number of likely N-dealkylation sites (tertiary alicyclic amines) is 1. The van der Waals surface area contributed by atoms with Gasteiger partial charge in [-0.1, -0.05) is 40.5 Å². The fraction of sp³-hybridized carbons (Fsp3) is 0.333. The summed E-state index contributed by atoms with van der Waals surface area (Å²) in [5.74, 6) is -0.349. The summed E-state index contributed by atoms with van der Waals surface area (Å²) >= 11 is 12.0. The van der Waals surface area contributed by atoms with Crippen molar-refractivity contribution in [2.24, 2.45) is 5.16 Å². The largest absolute Gasteiger partial charge is 0.391 e. The highest BCUT2D eigenvalue weighted by molar-refractivity contribution is 6.42. The van der Waals surface area contributed by atoms with E-state index in [1.807, 2.05) is 43.3 Å². The van der Waals surface area contributed by atoms with Gasteiger partial charge in [0.25, 0.3) is 0 Å². The van der Waals surface area contributed by atoms with Gasteiger partial charge in [0.1, 0.15) is 12.6 Å². The molecule has 0 aliphatic carbocycles. The number of aromatic nitrogens is 1. The van der Waals surface area contributed by atoms with Gasteiger partial charge in [-0.15, -0.1) is 0 Å². The van der Waals surface area contributed by atoms with Gasteiger partial charge in [0.2, 0.25) is 11.8 Å². The van der Waals surface area contributed by atoms with Crippen LogP contribution in [-0.4, -0.2) is 65.5 Å². The summed E-state index contributed by atoms with van der Waals surface area (Å²) in [7, 11) is 3.93. The molecule has 1 N–H and O–H groups in total. The zero-order valence-electron chi connectivity index (χ0n) is 20.8. The van der Waals surface area contributed by atoms with Crippen molar-refractivity contribution in [1.82, 2.24) is 14.8 Å². The first-order valence-corrected chi connectivity index (χ1v) is 12.8. The molecule has 0 bridgehead atoms. The van der Waals surface area contributed by atoms with Crippen LogP contribution >= 0.6 is 23.2 Å². The molecule has 0 spiro atoms. The number of oxime groups is 1. The van der Waals surface area contributed by atoms with Crippen LogP contribution in [0.25, 0.3) is 10.9 Å². The molecule has 0 saturated carbocycles. The van der Waals surface area contributed by atoms with Crippen LogP contribution in [0.2, 0.25) is 10.0 Å². The topological polar surface area (TPSA) is 87.1 Å². The zero-order chi connectivity index (χ0) is 26.4. The molecule has 0 radical (unpaired) electrons. The number of fused-ring (bicyclic) bond motifs is 1. The predicted molar refractivity (Wildman–Crippen MR) is 147 cm³/mol. The minimum atomic E-state index is -0.677. The average Bonchev–Trinajstić information content (AvgIpc) is 3.30. The summed E-state index contributed by atoms with van der Waals surface area (Å²) in [6, 6.07) is 13.9. The van der Waals surface area contributed by atoms with Gasteiger partial charge in [-0.2, -0.15) is 0 Å². The van der Waals surface area contributed by atoms with Gasteiger partial charge in [0.05, 0.1) is 27.8 Å². The first-order valence-electron chi connectivity index (χ1n) is 12.0. The van der Waals surface area contributed by atoms with E-state index < -0.39 is 6.04 Å². The number of hydrogen-bond donors (Lipinski definition) is 1. The van der Waals surface area contributed by atoms with Crippen molar-refractivity contribution in [2.75, 3.05) is 32.5 Å². The number of nitrogens with zero attached hydrogens (tertiary/aromatic N) is 4. The lowest BCUT2D eigenvalue weighted by Gasteiger charge is -2.23. The number of halogens is 2. The van der Waals surface area contributed by atoms with E-state index in [-0.39, 0.29) is 25.0 Å². The van der Waals surface area contributed by atoms with E-state index in [2.05, 4.69) is 15.5 Å². The quantitative estimate of drug-likeness (QED) is 0.385. The first-order chi connectivity index (χ1) is 17.8. The number of rotatable bonds is 9. The number of anilines is 1. The molecule has 1 aliphatic heterocycles. The summed E-state index contributed by atoms with van der Waals surface area (Å²) in [6.45, 7) is 1.22. The van der Waals surface area contributed by atoms with Crippen LogP contribution in [0.5, 0.6) is 0 Å². The fourth-order valence-electron chi connectivity index (χ4n) is 4.16. The van der Waals surface area contributed by atoms with Crippen LogP contribution in [0.3, 0.4) is 0 Å². The molecule has 194 valence electrons. The maximum atomic E-state index is 13.3. The number of carbonyl (C=O) groups excluding carboxylic acids is 2. The molecule has 1 atom stereocenters. The van der Waals surface area contributed by atoms with E-state index in [4.69, 9.17) is 28.0 Å². The molecule has 0 unspecified atom stereocenters. The van der Waals surface area contributed by atoms with Gasteiger partial charge in [-0.3, -0.25) is 14.6 Å². The highest BCUT2D eigenvalue weighted by atomic mass is 35.5. The second-order valence-corrected chi connectivity index (χ2v) is 10.0. The molecule has 2 heterocycles. The van der Waals surface area contributed by atoms with Crippen LogP contribution in [0.4, 0.5) is 5.69 Å². The minimum Gasteiger partial charge on any atom is -0.391 e. The number of amides is 2. The Hall–Kier alpha value is -3.20. The minimum absolute atomic E-state index is 0.0839. The Balaban J connectivity index is 1.45. The number of pyridine rings is 1. The van der Waals surface area contributed by atoms with E-state index in [9.17, 15) is 9.59 Å². The van der Waals surface area contributed by atoms with Crippen LogP contribution in [0, 0.1) is 0 Å². The summed E-state index contributed by atoms with van der Waals surface area (Å²) in [5.41, 5.74) is 2.93. The van der Waals surface area contributed by atoms with E-state index >= 15 is 0 Å². The summed E-state index contributed by atoms with van der Waals surface area (Å²) < 4.78 is 0. The molecule has 1 aliphatic rings. The van der Waals surface area contributed by atoms with Crippen molar-refractivity contribution in [1.29, 1.82) is 0 Å². The number of carbonyl (C=O) groups is 2. The monoisotopic (exact) mass is 541 g/mol. The Morgan fingerprint density at radius 1 is 1.16 bits per heavy atom. The molecular formula is C27H29Cl2N5O3. The maximum absolute atomic E-state index is 13.3. The highest BCUT2D eigenvalue weighted by Crippen LogP contribution is 2.24. The molecule has 1 fully saturated rings. The fourth-order valence-corrected chi connectivity index (χ4v) is 4.48. The van der Waals surface area contributed by atoms with Gasteiger partial charge >= 0.3 is 0 Å². The summed E-state index contributed by atoms with van der Waals surface area (Å²) in [4.78, 5) is 39.8. The van der Waals surface area contributed by atoms with Crippen LogP contribution < -0.4 is 5.32 Å². The lowest BCUT2D eigenvalue weighted by Crippen LogP contribution is -2.43. The third kappa shape index (κ3) is 7.19. The SMILES string of the molecule is CN(C)CCCC(=O)N1CC(=NOCc2ccc(Cl)c(Cl)c2)C[C@H]1C(=O)Nc1ccc2ncccc2c1. The van der Waals surface area contributed by atoms with Crippen molar-refractivity contribution in [3.8, 4) is 0 Å². The van der Waals surface area contributed by atoms with Crippen molar-refractivity contribution in [3.63, 3.8) is 0 Å². The molecule has 2 aromatic carbocycles. The van der Waals surface area contributed by atoms with Crippen molar-refractivity contribution >= 4 is 57.3 Å². The second-order valence-electron chi connectivity index (χ2n) is 9.23. The molecular weight excluding hydrogens is 513 g/mol. The van der Waals surface area contributed by atoms with Crippen molar-refractivity contribution in [2.45, 2.75) is 31.9 Å². The van der Waals surface area contributed by atoms with Crippen LogP contribution in [0.15, 0.2) is 59.9 Å². The standard InChI is InChI=1S/C27H29Cl2N5O3/c1-33(2)12-4-6-26(35)34-16-21(32-37-17-18-7-9-22(28)23(29)13-18)15-25(34)27(36)31-20-8-10-24-19(14-20)5-3-11-30-24/h3,5,7-11,13-14,25H,4,6,12,15-17H2,1-2H3,(H,31,36)/t25-/m0/s1. The molecule has 2 amide bonds. The van der Waals surface area contributed by atoms with Gasteiger partial charge in [0, 0.05) is 30.1 Å². The predicted octanol–water partition coefficient (Wildman–Crippen LogP) is 5.00. The second kappa shape index (κ2) is 12.4. The van der Waals surface area contributed by atoms with Crippen molar-refractivity contribution < 1.29 is 14.4 Å². The van der Waals surface area contributed by atoms with Gasteiger partial charge < -0.3 is 20.0 Å². The molecule has 10 heteroatoms. The molecule has 1 aromatic heterocycles. The van der Waals surface area contributed by atoms with E-state index in [1.54, 1.807) is 35.4 Å². The Morgan fingerprint density at radius 3 is 2.78 bits per heavy atom. The van der Waals surface area contributed by atoms with Crippen LogP contribution in [-0.2, 0) is 21.0 Å². The van der Waals surface area contributed by atoms with Crippen molar-refractivity contribution in [3.05, 3.63) is 70.3 Å². The van der Waals surface area contributed by atoms with Gasteiger partial charge in [-0.05, 0) is 69.0 Å². The molecule has 3 aromatic rings. The average molecular weight is 542 g/mol. The van der Waals surface area contributed by atoms with E-state index in [1.165, 1.54) is 0 Å². The number of nitrogens with one attached hydrogen (secondary N) is 1. The maximum Gasteiger partial charge on any atom is 0.247 e. The highest BCUT2D eigenvalue weighted by Gasteiger charge is 2.37. The summed E-state index contributed by atoms with van der Waals surface area (Å²) in [6.07, 6.45) is 3.07. The Labute approximate surface area is 226 Å². The lowest BCUT2D eigenvalue weighted by molar-refractivity contribution is -0.136. The molecule has 37 heavy (non-hydrogen) atoms. The third-order valence-corrected chi connectivity index (χ3v) is 6.80. The number of benzene rings is 2.